The Bertz CT molecular complexity index is 1630. The number of anilines is 2. The van der Waals surface area contributed by atoms with Crippen LogP contribution < -0.4 is 10.6 Å². The lowest BCUT2D eigenvalue weighted by molar-refractivity contribution is -0.137. The predicted molar refractivity (Wildman–Crippen MR) is 133 cm³/mol. The van der Waals surface area contributed by atoms with E-state index in [1.807, 2.05) is 0 Å². The molecule has 0 saturated heterocycles. The predicted octanol–water partition coefficient (Wildman–Crippen LogP) is 3.35. The number of aromatic nitrogens is 4. The molecule has 39 heavy (non-hydrogen) atoms. The second-order valence-corrected chi connectivity index (χ2v) is 12.0. The van der Waals surface area contributed by atoms with Gasteiger partial charge in [0.25, 0.3) is 5.91 Å². The number of nitrogens with one attached hydrogen (secondary N) is 2. The van der Waals surface area contributed by atoms with Crippen LogP contribution in [-0.4, -0.2) is 50.5 Å². The van der Waals surface area contributed by atoms with Crippen LogP contribution in [0.1, 0.15) is 15.9 Å². The van der Waals surface area contributed by atoms with E-state index < -0.39 is 38.4 Å². The van der Waals surface area contributed by atoms with Gasteiger partial charge in [-0.15, -0.1) is 0 Å². The number of carbonyl (C=O) groups excluding carboxylic acids is 1. The number of rotatable bonds is 7. The first kappa shape index (κ1) is 28.4. The molecule has 4 aromatic rings. The highest BCUT2D eigenvalue weighted by molar-refractivity contribution is 7.71. The minimum Gasteiger partial charge on any atom is -0.344 e. The van der Waals surface area contributed by atoms with Crippen LogP contribution in [-0.2, 0) is 22.4 Å². The molecule has 0 atom stereocenters. The van der Waals surface area contributed by atoms with E-state index in [1.165, 1.54) is 35.2 Å². The highest BCUT2D eigenvalue weighted by Gasteiger charge is 2.44. The zero-order valence-corrected chi connectivity index (χ0v) is 21.4. The maximum absolute atomic E-state index is 12.8. The number of imidazole rings is 1. The molecule has 0 fully saturated rings. The summed E-state index contributed by atoms with van der Waals surface area (Å²) in [5.74, 6) is -1.14. The Kier molecular flexibility index (Phi) is 7.38. The van der Waals surface area contributed by atoms with Gasteiger partial charge in [-0.3, -0.25) is 13.9 Å². The van der Waals surface area contributed by atoms with Crippen molar-refractivity contribution >= 4 is 43.8 Å². The lowest BCUT2D eigenvalue weighted by atomic mass is 10.1. The van der Waals surface area contributed by atoms with Gasteiger partial charge in [0.1, 0.15) is 5.52 Å². The Balaban J connectivity index is 1.69. The van der Waals surface area contributed by atoms with Crippen molar-refractivity contribution in [3.05, 3.63) is 66.0 Å². The van der Waals surface area contributed by atoms with E-state index in [-0.39, 0.29) is 39.6 Å². The molecule has 0 spiro atoms. The van der Waals surface area contributed by atoms with Crippen LogP contribution >= 0.6 is 15.2 Å². The molecule has 0 radical (unpaired) electrons. The number of aryl methyl sites for hydroxylation is 1. The first-order chi connectivity index (χ1) is 18.0. The van der Waals surface area contributed by atoms with Gasteiger partial charge in [-0.25, -0.2) is 15.0 Å². The van der Waals surface area contributed by atoms with Gasteiger partial charge in [0.05, 0.1) is 11.9 Å². The fourth-order valence-electron chi connectivity index (χ4n) is 3.47. The van der Waals surface area contributed by atoms with Crippen molar-refractivity contribution < 1.29 is 46.7 Å². The summed E-state index contributed by atoms with van der Waals surface area (Å²) < 4.78 is 63.3. The van der Waals surface area contributed by atoms with Crippen molar-refractivity contribution in [1.82, 2.24) is 19.5 Å². The van der Waals surface area contributed by atoms with E-state index in [1.54, 1.807) is 7.05 Å². The molecule has 0 aliphatic rings. The first-order valence-electron chi connectivity index (χ1n) is 10.7. The smallest absolute Gasteiger partial charge is 0.344 e. The molecule has 13 nitrogen and oxygen atoms in total. The fraction of sp³-hybridized carbons (Fsp3) is 0.143. The number of hydrogen-bond acceptors (Lipinski definition) is 7. The number of alkyl halides is 3. The maximum Gasteiger partial charge on any atom is 0.416 e. The lowest BCUT2D eigenvalue weighted by Gasteiger charge is -2.21. The topological polar surface area (TPSA) is 200 Å². The third-order valence-corrected chi connectivity index (χ3v) is 8.65. The normalized spacial score (nSPS) is 12.6. The van der Waals surface area contributed by atoms with E-state index in [4.69, 9.17) is 0 Å². The van der Waals surface area contributed by atoms with Gasteiger partial charge in [-0.2, -0.15) is 13.2 Å². The van der Waals surface area contributed by atoms with Crippen molar-refractivity contribution in [2.24, 2.45) is 7.05 Å². The van der Waals surface area contributed by atoms with Crippen LogP contribution in [0.15, 0.2) is 54.9 Å². The highest BCUT2D eigenvalue weighted by atomic mass is 31.2. The molecular formula is C21H19F3N6O7P2. The van der Waals surface area contributed by atoms with Gasteiger partial charge in [-0.1, -0.05) is 12.1 Å². The number of benzene rings is 2. The number of hydrogen-bond donors (Lipinski definition) is 6. The summed E-state index contributed by atoms with van der Waals surface area (Å²) in [5, 5.41) is 4.57. The molecule has 4 rings (SSSR count). The maximum atomic E-state index is 12.8. The molecule has 18 heteroatoms. The van der Waals surface area contributed by atoms with Crippen LogP contribution in [0.25, 0.3) is 22.6 Å². The molecule has 2 heterocycles. The average molecular weight is 586 g/mol. The molecule has 0 unspecified atom stereocenters. The molecule has 206 valence electrons. The molecule has 0 saturated carbocycles. The zero-order valence-electron chi connectivity index (χ0n) is 19.6. The highest BCUT2D eigenvalue weighted by Crippen LogP contribution is 2.59. The number of fused-ring (bicyclic) bond motifs is 1. The second-order valence-electron chi connectivity index (χ2n) is 8.23. The molecule has 2 aromatic carbocycles. The Morgan fingerprint density at radius 1 is 1.00 bits per heavy atom. The second kappa shape index (κ2) is 10.2. The number of nitrogens with zero attached hydrogens (tertiary/aromatic N) is 4. The largest absolute Gasteiger partial charge is 0.416 e. The Morgan fingerprint density at radius 2 is 1.64 bits per heavy atom. The van der Waals surface area contributed by atoms with Gasteiger partial charge in [-0.05, 0) is 36.4 Å². The molecular weight excluding hydrogens is 567 g/mol. The molecule has 0 aliphatic carbocycles. The summed E-state index contributed by atoms with van der Waals surface area (Å²) in [6.07, 6.45) is -3.23. The van der Waals surface area contributed by atoms with Crippen molar-refractivity contribution in [1.29, 1.82) is 0 Å². The van der Waals surface area contributed by atoms with Crippen LogP contribution in [0.4, 0.5) is 24.7 Å². The van der Waals surface area contributed by atoms with E-state index in [9.17, 15) is 46.7 Å². The number of amides is 1. The summed E-state index contributed by atoms with van der Waals surface area (Å²) >= 11 is 0. The van der Waals surface area contributed by atoms with Crippen LogP contribution in [0, 0.1) is 0 Å². The molecule has 1 amide bonds. The van der Waals surface area contributed by atoms with Gasteiger partial charge in [0.2, 0.25) is 5.52 Å². The van der Waals surface area contributed by atoms with Crippen molar-refractivity contribution in [2.75, 3.05) is 10.6 Å². The summed E-state index contributed by atoms with van der Waals surface area (Å²) in [5.41, 5.74) is -2.99. The third kappa shape index (κ3) is 6.33. The van der Waals surface area contributed by atoms with Gasteiger partial charge < -0.3 is 34.8 Å². The monoisotopic (exact) mass is 586 g/mol. The average Bonchev–Trinajstić information content (AvgIpc) is 3.21. The Hall–Kier alpha value is -3.65. The molecule has 0 aliphatic heterocycles. The third-order valence-electron chi connectivity index (χ3n) is 5.32. The van der Waals surface area contributed by atoms with Gasteiger partial charge in [0, 0.05) is 23.9 Å². The Morgan fingerprint density at radius 3 is 2.23 bits per heavy atom. The van der Waals surface area contributed by atoms with Crippen LogP contribution in [0.5, 0.6) is 0 Å². The lowest BCUT2D eigenvalue weighted by Crippen LogP contribution is -2.21. The van der Waals surface area contributed by atoms with E-state index in [2.05, 4.69) is 25.6 Å². The van der Waals surface area contributed by atoms with E-state index in [0.29, 0.717) is 0 Å². The summed E-state index contributed by atoms with van der Waals surface area (Å²) in [7, 11) is -9.20. The van der Waals surface area contributed by atoms with Gasteiger partial charge in [0.15, 0.2) is 17.3 Å². The van der Waals surface area contributed by atoms with Crippen LogP contribution in [0.2, 0.25) is 0 Å². The zero-order chi connectivity index (χ0) is 28.8. The first-order valence-corrected chi connectivity index (χ1v) is 14.1. The molecule has 2 aromatic heterocycles. The van der Waals surface area contributed by atoms with Crippen molar-refractivity contribution in [3.63, 3.8) is 0 Å². The molecule has 0 bridgehead atoms. The number of halogens is 3. The minimum atomic E-state index is -5.37. The van der Waals surface area contributed by atoms with Gasteiger partial charge >= 0.3 is 21.4 Å². The standard InChI is InChI=1S/C21H19F3N6O7P2/c1-30-10-25-15-17(29-20(38(32,33)34)39(35,36)37)27-16(28-18(15)30)11-3-2-4-12(9-11)19(31)26-14-7-5-13(6-8-14)21(22,23)24/h2-10,20H,1H3,(H,26,31)(H,27,28,29)(H2,32,33,34)(H2,35,36,37). The quantitative estimate of drug-likeness (QED) is 0.174. The van der Waals surface area contributed by atoms with Crippen molar-refractivity contribution in [2.45, 2.75) is 11.7 Å². The summed E-state index contributed by atoms with van der Waals surface area (Å²) in [6, 6.07) is 9.57. The fourth-order valence-corrected chi connectivity index (χ4v) is 5.62. The number of carbonyl (C=O) groups is 1. The SMILES string of the molecule is Cn1cnc2c(NC(P(=O)(O)O)P(=O)(O)O)nc(-c3cccc(C(=O)Nc4ccc(C(F)(F)F)cc4)c3)nc21. The van der Waals surface area contributed by atoms with E-state index >= 15 is 0 Å². The Labute approximate surface area is 217 Å². The minimum absolute atomic E-state index is 0.0376. The summed E-state index contributed by atoms with van der Waals surface area (Å²) in [6.45, 7) is 0. The van der Waals surface area contributed by atoms with E-state index in [0.717, 1.165) is 24.3 Å². The molecule has 6 N–H and O–H groups in total. The van der Waals surface area contributed by atoms with Crippen LogP contribution in [0.3, 0.4) is 0 Å². The summed E-state index contributed by atoms with van der Waals surface area (Å²) in [4.78, 5) is 63.3. The van der Waals surface area contributed by atoms with Crippen molar-refractivity contribution in [3.8, 4) is 11.4 Å².